The van der Waals surface area contributed by atoms with Crippen LogP contribution in [0.4, 0.5) is 22.4 Å². The van der Waals surface area contributed by atoms with E-state index in [0.717, 1.165) is 12.1 Å². The lowest BCUT2D eigenvalue weighted by Crippen LogP contribution is -2.51. The van der Waals surface area contributed by atoms with Gasteiger partial charge in [0.2, 0.25) is 0 Å². The van der Waals surface area contributed by atoms with Crippen molar-refractivity contribution in [2.24, 2.45) is 4.36 Å². The van der Waals surface area contributed by atoms with Gasteiger partial charge in [-0.3, -0.25) is 0 Å². The molecule has 3 atom stereocenters. The zero-order valence-electron chi connectivity index (χ0n) is 17.6. The summed E-state index contributed by atoms with van der Waals surface area (Å²) >= 11 is 0. The SMILES string of the molecule is C[C@@](CS1(=O)=N[C@H](C(F)(F)F)C=CCN1)(NC(=O)OCc1ccccc1)c1ccccc1F. The van der Waals surface area contributed by atoms with E-state index in [9.17, 15) is 26.6 Å². The molecule has 6 nitrogen and oxygen atoms in total. The smallest absolute Gasteiger partial charge is 0.415 e. The Morgan fingerprint density at radius 1 is 1.18 bits per heavy atom. The lowest BCUT2D eigenvalue weighted by Gasteiger charge is -2.32. The standard InChI is InChI=1S/C22H23F4N3O3S/c1-21(17-10-5-6-11-18(17)23,28-20(30)32-14-16-8-3-2-4-9-16)15-33(31)27-13-7-12-19(29-33)22(24,25)26/h2-12,19H,13-15H2,1H3,(H,28,30)(H,27,29,31)/t19-,21-,33?/m0/s1. The highest BCUT2D eigenvalue weighted by atomic mass is 32.2. The van der Waals surface area contributed by atoms with Crippen molar-refractivity contribution in [1.82, 2.24) is 10.0 Å². The van der Waals surface area contributed by atoms with Gasteiger partial charge < -0.3 is 10.1 Å². The van der Waals surface area contributed by atoms with E-state index < -0.39 is 45.3 Å². The second-order valence-corrected chi connectivity index (χ2v) is 9.72. The molecule has 0 aliphatic carbocycles. The summed E-state index contributed by atoms with van der Waals surface area (Å²) in [7, 11) is -3.74. The van der Waals surface area contributed by atoms with E-state index in [-0.39, 0.29) is 18.7 Å². The molecule has 1 amide bonds. The molecule has 0 fully saturated rings. The Bertz CT molecular complexity index is 1130. The number of amides is 1. The number of rotatable bonds is 6. The quantitative estimate of drug-likeness (QED) is 0.469. The molecular formula is C22H23F4N3O3S. The molecule has 1 heterocycles. The topological polar surface area (TPSA) is 79.8 Å². The molecule has 33 heavy (non-hydrogen) atoms. The van der Waals surface area contributed by atoms with Crippen molar-refractivity contribution >= 4 is 16.0 Å². The van der Waals surface area contributed by atoms with Gasteiger partial charge in [-0.1, -0.05) is 60.7 Å². The molecule has 1 aliphatic heterocycles. The summed E-state index contributed by atoms with van der Waals surface area (Å²) in [6.07, 6.45) is -3.72. The van der Waals surface area contributed by atoms with Crippen LogP contribution in [0, 0.1) is 5.82 Å². The van der Waals surface area contributed by atoms with Gasteiger partial charge in [-0.25, -0.2) is 22.5 Å². The van der Waals surface area contributed by atoms with Crippen LogP contribution >= 0.6 is 0 Å². The lowest BCUT2D eigenvalue weighted by atomic mass is 9.94. The second kappa shape index (κ2) is 9.92. The largest absolute Gasteiger partial charge is 0.445 e. The number of hydrogen-bond donors (Lipinski definition) is 2. The zero-order chi connectivity index (χ0) is 24.1. The highest BCUT2D eigenvalue weighted by Crippen LogP contribution is 2.30. The summed E-state index contributed by atoms with van der Waals surface area (Å²) in [5.41, 5.74) is -1.07. The number of alkyl halides is 3. The van der Waals surface area contributed by atoms with E-state index in [1.165, 1.54) is 31.2 Å². The van der Waals surface area contributed by atoms with Crippen molar-refractivity contribution in [1.29, 1.82) is 0 Å². The number of benzene rings is 2. The maximum absolute atomic E-state index is 14.7. The number of carbonyl (C=O) groups excluding carboxylic acids is 1. The summed E-state index contributed by atoms with van der Waals surface area (Å²) < 4.78 is 79.2. The van der Waals surface area contributed by atoms with Crippen molar-refractivity contribution in [3.05, 3.63) is 83.7 Å². The fraction of sp³-hybridized carbons (Fsp3) is 0.318. The fourth-order valence-electron chi connectivity index (χ4n) is 3.35. The molecule has 2 aromatic carbocycles. The molecule has 3 rings (SSSR count). The molecule has 1 unspecified atom stereocenters. The minimum absolute atomic E-state index is 0.0675. The van der Waals surface area contributed by atoms with Crippen LogP contribution in [-0.2, 0) is 26.8 Å². The number of nitrogens with one attached hydrogen (secondary N) is 2. The Morgan fingerprint density at radius 2 is 1.85 bits per heavy atom. The zero-order valence-corrected chi connectivity index (χ0v) is 18.5. The summed E-state index contributed by atoms with van der Waals surface area (Å²) in [6.45, 7) is 1.14. The van der Waals surface area contributed by atoms with Gasteiger partial charge >= 0.3 is 12.3 Å². The van der Waals surface area contributed by atoms with Gasteiger partial charge in [-0.05, 0) is 18.6 Å². The third-order valence-electron chi connectivity index (χ3n) is 4.91. The molecule has 2 aromatic rings. The molecule has 0 aromatic heterocycles. The summed E-state index contributed by atoms with van der Waals surface area (Å²) in [5.74, 6) is -1.36. The van der Waals surface area contributed by atoms with Crippen molar-refractivity contribution < 1.29 is 31.3 Å². The first-order chi connectivity index (χ1) is 15.5. The van der Waals surface area contributed by atoms with Crippen molar-refractivity contribution in [2.45, 2.75) is 31.3 Å². The van der Waals surface area contributed by atoms with E-state index in [0.29, 0.717) is 5.56 Å². The number of ether oxygens (including phenoxy) is 1. The Hall–Kier alpha value is -2.92. The van der Waals surface area contributed by atoms with Gasteiger partial charge in [-0.15, -0.1) is 0 Å². The van der Waals surface area contributed by atoms with Gasteiger partial charge in [0.15, 0.2) is 6.04 Å². The lowest BCUT2D eigenvalue weighted by molar-refractivity contribution is -0.135. The normalized spacial score (nSPS) is 22.5. The molecular weight excluding hydrogens is 462 g/mol. The van der Waals surface area contributed by atoms with Gasteiger partial charge in [0.1, 0.15) is 22.3 Å². The van der Waals surface area contributed by atoms with Crippen LogP contribution < -0.4 is 10.0 Å². The third-order valence-corrected chi connectivity index (χ3v) is 7.06. The maximum atomic E-state index is 14.7. The molecule has 178 valence electrons. The van der Waals surface area contributed by atoms with Gasteiger partial charge in [0.05, 0.1) is 11.3 Å². The molecule has 1 aliphatic rings. The van der Waals surface area contributed by atoms with Crippen LogP contribution in [-0.4, -0.2) is 34.8 Å². The molecule has 0 radical (unpaired) electrons. The first-order valence-corrected chi connectivity index (χ1v) is 11.6. The Morgan fingerprint density at radius 3 is 2.52 bits per heavy atom. The average molecular weight is 486 g/mol. The van der Waals surface area contributed by atoms with E-state index >= 15 is 0 Å². The van der Waals surface area contributed by atoms with Crippen molar-refractivity contribution in [2.75, 3.05) is 12.3 Å². The number of alkyl carbamates (subject to hydrolysis) is 1. The predicted octanol–water partition coefficient (Wildman–Crippen LogP) is 4.44. The van der Waals surface area contributed by atoms with Crippen LogP contribution in [0.1, 0.15) is 18.1 Å². The van der Waals surface area contributed by atoms with Gasteiger partial charge in [0.25, 0.3) is 0 Å². The first kappa shape index (κ1) is 24.7. The highest BCUT2D eigenvalue weighted by molar-refractivity contribution is 7.91. The average Bonchev–Trinajstić information content (AvgIpc) is 2.94. The van der Waals surface area contributed by atoms with Crippen LogP contribution in [0.15, 0.2) is 71.1 Å². The second-order valence-electron chi connectivity index (χ2n) is 7.65. The third kappa shape index (κ3) is 6.55. The Labute approximate surface area is 189 Å². The molecule has 0 bridgehead atoms. The molecule has 11 heteroatoms. The van der Waals surface area contributed by atoms with Crippen LogP contribution in [0.25, 0.3) is 0 Å². The van der Waals surface area contributed by atoms with Gasteiger partial charge in [-0.2, -0.15) is 13.2 Å². The first-order valence-electron chi connectivity index (χ1n) is 9.97. The van der Waals surface area contributed by atoms with Crippen molar-refractivity contribution in [3.63, 3.8) is 0 Å². The minimum atomic E-state index is -4.75. The Kier molecular flexibility index (Phi) is 7.43. The van der Waals surface area contributed by atoms with Crippen LogP contribution in [0.2, 0.25) is 0 Å². The monoisotopic (exact) mass is 485 g/mol. The number of halogens is 4. The van der Waals surface area contributed by atoms with E-state index in [2.05, 4.69) is 14.4 Å². The van der Waals surface area contributed by atoms with E-state index in [1.807, 2.05) is 0 Å². The summed E-state index contributed by atoms with van der Waals surface area (Å²) in [5, 5.41) is 2.49. The summed E-state index contributed by atoms with van der Waals surface area (Å²) in [6, 6.07) is 11.9. The summed E-state index contributed by atoms with van der Waals surface area (Å²) in [4.78, 5) is 12.6. The minimum Gasteiger partial charge on any atom is -0.445 e. The molecule has 0 saturated carbocycles. The van der Waals surface area contributed by atoms with E-state index in [1.54, 1.807) is 30.3 Å². The predicted molar refractivity (Wildman–Crippen MR) is 116 cm³/mol. The van der Waals surface area contributed by atoms with Crippen LogP contribution in [0.5, 0.6) is 0 Å². The highest BCUT2D eigenvalue weighted by Gasteiger charge is 2.42. The molecule has 2 N–H and O–H groups in total. The van der Waals surface area contributed by atoms with Crippen LogP contribution in [0.3, 0.4) is 0 Å². The van der Waals surface area contributed by atoms with Gasteiger partial charge in [0, 0.05) is 12.1 Å². The fourth-order valence-corrected chi connectivity index (χ4v) is 5.53. The Balaban J connectivity index is 1.91. The maximum Gasteiger partial charge on any atom is 0.415 e. The number of hydrogen-bond acceptors (Lipinski definition) is 4. The number of nitrogens with zero attached hydrogens (tertiary/aromatic N) is 1. The van der Waals surface area contributed by atoms with E-state index in [4.69, 9.17) is 4.74 Å². The molecule has 0 spiro atoms. The number of carbonyl (C=O) groups is 1. The van der Waals surface area contributed by atoms with Crippen molar-refractivity contribution in [3.8, 4) is 0 Å². The molecule has 0 saturated heterocycles.